The molecule has 0 bridgehead atoms. The van der Waals surface area contributed by atoms with Crippen LogP contribution in [0.5, 0.6) is 0 Å². The number of nitrogens with two attached hydrogens (primary N) is 1. The van der Waals surface area contributed by atoms with Gasteiger partial charge in [-0.25, -0.2) is 0 Å². The molecule has 22 heavy (non-hydrogen) atoms. The van der Waals surface area contributed by atoms with E-state index in [0.29, 0.717) is 12.0 Å². The van der Waals surface area contributed by atoms with Crippen molar-refractivity contribution in [3.63, 3.8) is 0 Å². The highest BCUT2D eigenvalue weighted by molar-refractivity contribution is 5.66. The van der Waals surface area contributed by atoms with Crippen molar-refractivity contribution >= 4 is 0 Å². The van der Waals surface area contributed by atoms with Gasteiger partial charge in [0.1, 0.15) is 0 Å². The molecular weight excluding hydrogens is 272 g/mol. The van der Waals surface area contributed by atoms with Crippen molar-refractivity contribution in [2.45, 2.75) is 32.9 Å². The second-order valence-corrected chi connectivity index (χ2v) is 6.68. The zero-order chi connectivity index (χ0) is 15.7. The quantitative estimate of drug-likeness (QED) is 0.943. The molecule has 3 rings (SSSR count). The molecular formula is C18H26N4. The Balaban J connectivity index is 1.88. The number of nitrogens with zero attached hydrogens (tertiary/aromatic N) is 3. The third-order valence-electron chi connectivity index (χ3n) is 4.78. The molecule has 2 unspecified atom stereocenters. The molecule has 1 saturated heterocycles. The van der Waals surface area contributed by atoms with Crippen LogP contribution in [0.1, 0.15) is 24.5 Å². The third-order valence-corrected chi connectivity index (χ3v) is 4.78. The van der Waals surface area contributed by atoms with Crippen LogP contribution < -0.4 is 5.73 Å². The minimum absolute atomic E-state index is 0.608. The summed E-state index contributed by atoms with van der Waals surface area (Å²) in [6.07, 6.45) is 5.26. The lowest BCUT2D eigenvalue weighted by Crippen LogP contribution is -2.27. The molecule has 2 aromatic rings. The lowest BCUT2D eigenvalue weighted by molar-refractivity contribution is 0.256. The van der Waals surface area contributed by atoms with Crippen LogP contribution in [0.4, 0.5) is 0 Å². The van der Waals surface area contributed by atoms with Crippen molar-refractivity contribution in [2.75, 3.05) is 13.1 Å². The molecule has 0 aliphatic carbocycles. The summed E-state index contributed by atoms with van der Waals surface area (Å²) in [6.45, 7) is 7.35. The normalized spacial score (nSPS) is 22.4. The van der Waals surface area contributed by atoms with Crippen molar-refractivity contribution in [2.24, 2.45) is 18.7 Å². The first-order valence-corrected chi connectivity index (χ1v) is 8.09. The molecule has 1 aliphatic rings. The van der Waals surface area contributed by atoms with E-state index in [4.69, 9.17) is 5.73 Å². The van der Waals surface area contributed by atoms with Gasteiger partial charge in [0.15, 0.2) is 0 Å². The molecule has 1 aromatic carbocycles. The summed E-state index contributed by atoms with van der Waals surface area (Å²) < 4.78 is 1.87. The van der Waals surface area contributed by atoms with Crippen molar-refractivity contribution in [3.8, 4) is 11.1 Å². The first-order valence-electron chi connectivity index (χ1n) is 8.09. The molecule has 4 heteroatoms. The molecule has 118 valence electrons. The molecule has 2 N–H and O–H groups in total. The molecule has 1 aliphatic heterocycles. The average molecular weight is 298 g/mol. The van der Waals surface area contributed by atoms with Crippen LogP contribution in [0.2, 0.25) is 0 Å². The van der Waals surface area contributed by atoms with Gasteiger partial charge in [0, 0.05) is 37.9 Å². The average Bonchev–Trinajstić information content (AvgIpc) is 3.07. The molecule has 0 spiro atoms. The minimum Gasteiger partial charge on any atom is -0.330 e. The van der Waals surface area contributed by atoms with Gasteiger partial charge < -0.3 is 5.73 Å². The third kappa shape index (κ3) is 3.08. The van der Waals surface area contributed by atoms with Crippen LogP contribution in [0.25, 0.3) is 11.1 Å². The van der Waals surface area contributed by atoms with E-state index in [0.717, 1.165) is 19.6 Å². The predicted molar refractivity (Wildman–Crippen MR) is 90.4 cm³/mol. The van der Waals surface area contributed by atoms with Gasteiger partial charge in [-0.3, -0.25) is 9.58 Å². The van der Waals surface area contributed by atoms with Gasteiger partial charge in [-0.15, -0.1) is 0 Å². The highest BCUT2D eigenvalue weighted by Crippen LogP contribution is 2.29. The fraction of sp³-hybridized carbons (Fsp3) is 0.500. The maximum absolute atomic E-state index is 5.86. The maximum atomic E-state index is 5.86. The lowest BCUT2D eigenvalue weighted by atomic mass is 9.99. The van der Waals surface area contributed by atoms with Gasteiger partial charge in [-0.1, -0.05) is 23.8 Å². The summed E-state index contributed by atoms with van der Waals surface area (Å²) in [5.74, 6) is 0.641. The highest BCUT2D eigenvalue weighted by atomic mass is 15.2. The molecule has 2 atom stereocenters. The molecule has 0 radical (unpaired) electrons. The van der Waals surface area contributed by atoms with E-state index in [2.05, 4.69) is 48.2 Å². The first kappa shape index (κ1) is 15.3. The molecule has 2 heterocycles. The number of hydrogen-bond donors (Lipinski definition) is 1. The van der Waals surface area contributed by atoms with Gasteiger partial charge in [-0.2, -0.15) is 5.10 Å². The zero-order valence-electron chi connectivity index (χ0n) is 13.8. The fourth-order valence-electron chi connectivity index (χ4n) is 3.48. The standard InChI is InChI=1S/C18H26N4/c1-13-4-5-16(12-22-10-15(8-19)7-14(22)2)18(6-13)17-9-20-21(3)11-17/h4-6,9,11,14-15H,7-8,10,12,19H2,1-3H3. The van der Waals surface area contributed by atoms with Crippen LogP contribution in [-0.2, 0) is 13.6 Å². The van der Waals surface area contributed by atoms with E-state index in [9.17, 15) is 0 Å². The Morgan fingerprint density at radius 3 is 2.82 bits per heavy atom. The monoisotopic (exact) mass is 298 g/mol. The van der Waals surface area contributed by atoms with E-state index >= 15 is 0 Å². The summed E-state index contributed by atoms with van der Waals surface area (Å²) in [4.78, 5) is 2.56. The predicted octanol–water partition coefficient (Wildman–Crippen LogP) is 2.56. The molecule has 4 nitrogen and oxygen atoms in total. The highest BCUT2D eigenvalue weighted by Gasteiger charge is 2.28. The van der Waals surface area contributed by atoms with E-state index in [1.807, 2.05) is 17.9 Å². The van der Waals surface area contributed by atoms with Gasteiger partial charge in [0.05, 0.1) is 6.20 Å². The zero-order valence-corrected chi connectivity index (χ0v) is 13.8. The van der Waals surface area contributed by atoms with Crippen molar-refractivity contribution < 1.29 is 0 Å². The number of likely N-dealkylation sites (tertiary alicyclic amines) is 1. The Bertz CT molecular complexity index is 646. The lowest BCUT2D eigenvalue weighted by Gasteiger charge is -2.22. The number of benzene rings is 1. The summed E-state index contributed by atoms with van der Waals surface area (Å²) >= 11 is 0. The second-order valence-electron chi connectivity index (χ2n) is 6.68. The van der Waals surface area contributed by atoms with Crippen LogP contribution in [0.15, 0.2) is 30.6 Å². The number of aryl methyl sites for hydroxylation is 2. The Labute approximate surface area is 132 Å². The topological polar surface area (TPSA) is 47.1 Å². The fourth-order valence-corrected chi connectivity index (χ4v) is 3.48. The summed E-state index contributed by atoms with van der Waals surface area (Å²) in [5, 5.41) is 4.32. The van der Waals surface area contributed by atoms with Gasteiger partial charge in [0.25, 0.3) is 0 Å². The Morgan fingerprint density at radius 1 is 1.36 bits per heavy atom. The minimum atomic E-state index is 0.608. The SMILES string of the molecule is Cc1ccc(CN2CC(CN)CC2C)c(-c2cnn(C)c2)c1. The molecule has 0 saturated carbocycles. The van der Waals surface area contributed by atoms with E-state index in [1.165, 1.54) is 28.7 Å². The summed E-state index contributed by atoms with van der Waals surface area (Å²) in [6, 6.07) is 7.35. The van der Waals surface area contributed by atoms with Crippen LogP contribution in [-0.4, -0.2) is 33.8 Å². The largest absolute Gasteiger partial charge is 0.330 e. The maximum Gasteiger partial charge on any atom is 0.0568 e. The number of aromatic nitrogens is 2. The van der Waals surface area contributed by atoms with Crippen LogP contribution >= 0.6 is 0 Å². The number of hydrogen-bond acceptors (Lipinski definition) is 3. The Hall–Kier alpha value is -1.65. The van der Waals surface area contributed by atoms with Gasteiger partial charge in [0.2, 0.25) is 0 Å². The molecule has 0 amide bonds. The van der Waals surface area contributed by atoms with Gasteiger partial charge in [-0.05, 0) is 43.9 Å². The van der Waals surface area contributed by atoms with Crippen molar-refractivity contribution in [3.05, 3.63) is 41.7 Å². The van der Waals surface area contributed by atoms with E-state index in [1.54, 1.807) is 0 Å². The smallest absolute Gasteiger partial charge is 0.0568 e. The number of rotatable bonds is 4. The van der Waals surface area contributed by atoms with Crippen molar-refractivity contribution in [1.29, 1.82) is 0 Å². The Kier molecular flexibility index (Phi) is 4.32. The summed E-state index contributed by atoms with van der Waals surface area (Å²) in [5.41, 5.74) is 11.0. The second kappa shape index (κ2) is 6.23. The van der Waals surface area contributed by atoms with Gasteiger partial charge >= 0.3 is 0 Å². The summed E-state index contributed by atoms with van der Waals surface area (Å²) in [7, 11) is 1.97. The van der Waals surface area contributed by atoms with Crippen molar-refractivity contribution in [1.82, 2.24) is 14.7 Å². The van der Waals surface area contributed by atoms with Crippen LogP contribution in [0, 0.1) is 12.8 Å². The molecule has 1 fully saturated rings. The first-order chi connectivity index (χ1) is 10.6. The van der Waals surface area contributed by atoms with E-state index < -0.39 is 0 Å². The Morgan fingerprint density at radius 2 is 2.18 bits per heavy atom. The van der Waals surface area contributed by atoms with E-state index in [-0.39, 0.29) is 0 Å². The molecule has 1 aromatic heterocycles. The van der Waals surface area contributed by atoms with Crippen LogP contribution in [0.3, 0.4) is 0 Å².